The summed E-state index contributed by atoms with van der Waals surface area (Å²) in [4.78, 5) is 28.4. The third kappa shape index (κ3) is 8.68. The van der Waals surface area contributed by atoms with Crippen molar-refractivity contribution in [2.45, 2.75) is 45.1 Å². The van der Waals surface area contributed by atoms with Crippen LogP contribution in [0.4, 0.5) is 23.2 Å². The van der Waals surface area contributed by atoms with E-state index in [0.717, 1.165) is 23.3 Å². The zero-order chi connectivity index (χ0) is 31.2. The Morgan fingerprint density at radius 2 is 1.60 bits per heavy atom. The summed E-state index contributed by atoms with van der Waals surface area (Å²) < 4.78 is 81.5. The second-order valence-corrected chi connectivity index (χ2v) is 12.2. The molecule has 0 aliphatic carbocycles. The molecular formula is C29H30ClF4N3O4S. The number of amides is 2. The molecule has 1 unspecified atom stereocenters. The van der Waals surface area contributed by atoms with E-state index < -0.39 is 69.2 Å². The van der Waals surface area contributed by atoms with Crippen LogP contribution in [0.5, 0.6) is 0 Å². The van der Waals surface area contributed by atoms with Gasteiger partial charge in [0.15, 0.2) is 0 Å². The molecule has 13 heteroatoms. The molecule has 0 heterocycles. The van der Waals surface area contributed by atoms with Crippen molar-refractivity contribution in [1.29, 1.82) is 0 Å². The fourth-order valence-electron chi connectivity index (χ4n) is 4.24. The molecular weight excluding hydrogens is 598 g/mol. The van der Waals surface area contributed by atoms with Crippen molar-refractivity contribution in [1.82, 2.24) is 10.2 Å². The Morgan fingerprint density at radius 3 is 2.17 bits per heavy atom. The van der Waals surface area contributed by atoms with Gasteiger partial charge in [-0.05, 0) is 43.7 Å². The highest BCUT2D eigenvalue weighted by Gasteiger charge is 2.36. The second kappa shape index (κ2) is 13.6. The number of rotatable bonds is 11. The number of anilines is 1. The lowest BCUT2D eigenvalue weighted by atomic mass is 10.0. The van der Waals surface area contributed by atoms with Gasteiger partial charge in [-0.1, -0.05) is 60.1 Å². The van der Waals surface area contributed by atoms with Crippen LogP contribution in [0.1, 0.15) is 30.5 Å². The van der Waals surface area contributed by atoms with Gasteiger partial charge in [-0.2, -0.15) is 13.2 Å². The highest BCUT2D eigenvalue weighted by atomic mass is 35.5. The smallest absolute Gasteiger partial charge is 0.352 e. The Bertz CT molecular complexity index is 1520. The number of nitrogens with one attached hydrogen (secondary N) is 1. The molecule has 1 atom stereocenters. The lowest BCUT2D eigenvalue weighted by Gasteiger charge is -2.34. The molecule has 7 nitrogen and oxygen atoms in total. The van der Waals surface area contributed by atoms with Gasteiger partial charge in [-0.15, -0.1) is 0 Å². The number of sulfonamides is 1. The van der Waals surface area contributed by atoms with Crippen molar-refractivity contribution in [3.8, 4) is 0 Å². The number of hydrogen-bond acceptors (Lipinski definition) is 4. The zero-order valence-electron chi connectivity index (χ0n) is 23.0. The van der Waals surface area contributed by atoms with Crippen molar-refractivity contribution in [2.75, 3.05) is 17.1 Å². The van der Waals surface area contributed by atoms with E-state index >= 15 is 0 Å². The molecule has 226 valence electrons. The fourth-order valence-corrected chi connectivity index (χ4v) is 5.31. The number of alkyl halides is 3. The Morgan fingerprint density at radius 1 is 0.976 bits per heavy atom. The molecule has 3 aromatic rings. The highest BCUT2D eigenvalue weighted by Crippen LogP contribution is 2.37. The maximum atomic E-state index is 14.8. The van der Waals surface area contributed by atoms with Gasteiger partial charge in [-0.3, -0.25) is 13.9 Å². The summed E-state index contributed by atoms with van der Waals surface area (Å²) in [6.07, 6.45) is -4.17. The van der Waals surface area contributed by atoms with E-state index in [1.54, 1.807) is 44.2 Å². The van der Waals surface area contributed by atoms with Crippen LogP contribution in [0.2, 0.25) is 5.02 Å². The number of halogens is 5. The first-order valence-corrected chi connectivity index (χ1v) is 15.0. The number of carbonyl (C=O) groups excluding carboxylic acids is 2. The normalized spacial score (nSPS) is 12.6. The molecule has 0 saturated carbocycles. The summed E-state index contributed by atoms with van der Waals surface area (Å²) in [5.74, 6) is -2.17. The van der Waals surface area contributed by atoms with E-state index in [-0.39, 0.29) is 18.0 Å². The average Bonchev–Trinajstić information content (AvgIpc) is 2.89. The monoisotopic (exact) mass is 627 g/mol. The molecule has 0 aromatic heterocycles. The van der Waals surface area contributed by atoms with Gasteiger partial charge in [0.2, 0.25) is 21.8 Å². The summed E-state index contributed by atoms with van der Waals surface area (Å²) >= 11 is 5.71. The average molecular weight is 628 g/mol. The first-order chi connectivity index (χ1) is 19.6. The number of nitrogens with zero attached hydrogens (tertiary/aromatic N) is 2. The zero-order valence-corrected chi connectivity index (χ0v) is 24.6. The SMILES string of the molecule is CC(C)NC(=O)C(Cc1ccccc1)N(Cc1ccccc1F)C(=O)CN(c1ccc(Cl)c(C(F)(F)F)c1)S(C)(=O)=O. The fraction of sp³-hybridized carbons (Fsp3) is 0.310. The van der Waals surface area contributed by atoms with Crippen LogP contribution in [-0.4, -0.2) is 50.0 Å². The molecule has 0 aliphatic rings. The van der Waals surface area contributed by atoms with Crippen molar-refractivity contribution in [2.24, 2.45) is 0 Å². The maximum absolute atomic E-state index is 14.8. The summed E-state index contributed by atoms with van der Waals surface area (Å²) in [5, 5.41) is 2.09. The molecule has 1 N–H and O–H groups in total. The number of hydrogen-bond donors (Lipinski definition) is 1. The third-order valence-electron chi connectivity index (χ3n) is 6.22. The summed E-state index contributed by atoms with van der Waals surface area (Å²) in [5.41, 5.74) is -1.03. The minimum atomic E-state index is -4.90. The van der Waals surface area contributed by atoms with E-state index in [2.05, 4.69) is 5.32 Å². The minimum absolute atomic E-state index is 0.00235. The van der Waals surface area contributed by atoms with Gasteiger partial charge >= 0.3 is 6.18 Å². The van der Waals surface area contributed by atoms with Crippen LogP contribution in [0.25, 0.3) is 0 Å². The maximum Gasteiger partial charge on any atom is 0.417 e. The van der Waals surface area contributed by atoms with Gasteiger partial charge in [0.05, 0.1) is 22.5 Å². The molecule has 0 saturated heterocycles. The van der Waals surface area contributed by atoms with Crippen LogP contribution >= 0.6 is 11.6 Å². The van der Waals surface area contributed by atoms with Gasteiger partial charge in [0.1, 0.15) is 18.4 Å². The van der Waals surface area contributed by atoms with Crippen molar-refractivity contribution < 1.29 is 35.6 Å². The largest absolute Gasteiger partial charge is 0.417 e. The molecule has 42 heavy (non-hydrogen) atoms. The number of carbonyl (C=O) groups is 2. The van der Waals surface area contributed by atoms with E-state index in [0.29, 0.717) is 15.9 Å². The van der Waals surface area contributed by atoms with E-state index in [1.165, 1.54) is 24.3 Å². The van der Waals surface area contributed by atoms with Gasteiger partial charge < -0.3 is 10.2 Å². The van der Waals surface area contributed by atoms with Crippen molar-refractivity contribution in [3.05, 3.63) is 100 Å². The lowest BCUT2D eigenvalue weighted by molar-refractivity contribution is -0.140. The predicted molar refractivity (Wildman–Crippen MR) is 153 cm³/mol. The lowest BCUT2D eigenvalue weighted by Crippen LogP contribution is -2.54. The van der Waals surface area contributed by atoms with Gasteiger partial charge in [-0.25, -0.2) is 12.8 Å². The van der Waals surface area contributed by atoms with E-state index in [4.69, 9.17) is 11.6 Å². The Kier molecular flexibility index (Phi) is 10.6. The van der Waals surface area contributed by atoms with Crippen LogP contribution in [0, 0.1) is 5.82 Å². The van der Waals surface area contributed by atoms with E-state index in [1.807, 2.05) is 0 Å². The minimum Gasteiger partial charge on any atom is -0.352 e. The molecule has 0 aliphatic heterocycles. The quantitative estimate of drug-likeness (QED) is 0.287. The third-order valence-corrected chi connectivity index (χ3v) is 7.69. The summed E-state index contributed by atoms with van der Waals surface area (Å²) in [6.45, 7) is 2.04. The highest BCUT2D eigenvalue weighted by molar-refractivity contribution is 7.92. The molecule has 0 radical (unpaired) electrons. The molecule has 0 fully saturated rings. The predicted octanol–water partition coefficient (Wildman–Crippen LogP) is 5.43. The van der Waals surface area contributed by atoms with Crippen LogP contribution in [0.15, 0.2) is 72.8 Å². The van der Waals surface area contributed by atoms with E-state index in [9.17, 15) is 35.6 Å². The topological polar surface area (TPSA) is 86.8 Å². The molecule has 3 rings (SSSR count). The van der Waals surface area contributed by atoms with Crippen molar-refractivity contribution >= 4 is 39.1 Å². The molecule has 2 amide bonds. The van der Waals surface area contributed by atoms with Gasteiger partial charge in [0.25, 0.3) is 0 Å². The van der Waals surface area contributed by atoms with Crippen molar-refractivity contribution in [3.63, 3.8) is 0 Å². The Labute approximate surface area is 247 Å². The van der Waals surface area contributed by atoms with Crippen LogP contribution in [-0.2, 0) is 38.8 Å². The van der Waals surface area contributed by atoms with Crippen LogP contribution in [0.3, 0.4) is 0 Å². The molecule has 0 bridgehead atoms. The summed E-state index contributed by atoms with van der Waals surface area (Å²) in [6, 6.07) is 15.2. The Hall–Kier alpha value is -3.64. The first kappa shape index (κ1) is 32.9. The number of benzene rings is 3. The standard InChI is InChI=1S/C29H30ClF4N3O4S/c1-19(2)35-28(39)26(15-20-9-5-4-6-10-20)36(17-21-11-7-8-12-25(21)31)27(38)18-37(42(3,40)41)22-13-14-24(30)23(16-22)29(32,33)34/h4-14,16,19,26H,15,17-18H2,1-3H3,(H,35,39). The molecule has 0 spiro atoms. The Balaban J connectivity index is 2.11. The van der Waals surface area contributed by atoms with Gasteiger partial charge in [0, 0.05) is 24.6 Å². The second-order valence-electron chi connectivity index (χ2n) is 9.91. The molecule has 3 aromatic carbocycles. The van der Waals surface area contributed by atoms with Crippen LogP contribution < -0.4 is 9.62 Å². The summed E-state index contributed by atoms with van der Waals surface area (Å²) in [7, 11) is -4.33. The first-order valence-electron chi connectivity index (χ1n) is 12.8.